The average molecular weight is 144 g/mol. The first-order valence-electron chi connectivity index (χ1n) is 4.50. The highest BCUT2D eigenvalue weighted by Gasteiger charge is 2.34. The molecule has 0 aliphatic heterocycles. The summed E-state index contributed by atoms with van der Waals surface area (Å²) in [7, 11) is 0. The van der Waals surface area contributed by atoms with E-state index in [2.05, 4.69) is 24.3 Å². The van der Waals surface area contributed by atoms with Gasteiger partial charge in [-0.2, -0.15) is 0 Å². The number of rotatable bonds is 0. The second-order valence-corrected chi connectivity index (χ2v) is 3.76. The van der Waals surface area contributed by atoms with Crippen molar-refractivity contribution >= 4 is 0 Å². The summed E-state index contributed by atoms with van der Waals surface area (Å²) in [5.74, 6) is 1.67. The van der Waals surface area contributed by atoms with Gasteiger partial charge in [0.25, 0.3) is 0 Å². The molecule has 0 aromatic rings. The highest BCUT2D eigenvalue weighted by atomic mass is 14.4. The summed E-state index contributed by atoms with van der Waals surface area (Å²) in [6, 6.07) is 0. The maximum Gasteiger partial charge on any atom is -0.000826 e. The molecule has 0 spiro atoms. The van der Waals surface area contributed by atoms with Gasteiger partial charge in [-0.25, -0.2) is 0 Å². The van der Waals surface area contributed by atoms with Crippen LogP contribution in [0.25, 0.3) is 0 Å². The highest BCUT2D eigenvalue weighted by molar-refractivity contribution is 5.41. The van der Waals surface area contributed by atoms with Crippen LogP contribution < -0.4 is 0 Å². The molecule has 0 heterocycles. The molecule has 3 rings (SSSR count). The molecule has 0 heteroatoms. The normalized spacial score (nSPS) is 38.5. The van der Waals surface area contributed by atoms with Crippen LogP contribution >= 0.6 is 0 Å². The first-order valence-corrected chi connectivity index (χ1v) is 4.50. The first kappa shape index (κ1) is 5.82. The Morgan fingerprint density at radius 3 is 2.00 bits per heavy atom. The van der Waals surface area contributed by atoms with Gasteiger partial charge < -0.3 is 0 Å². The van der Waals surface area contributed by atoms with E-state index in [4.69, 9.17) is 0 Å². The fourth-order valence-corrected chi connectivity index (χ4v) is 2.68. The molecule has 0 aromatic heterocycles. The Morgan fingerprint density at radius 1 is 0.909 bits per heavy atom. The molecule has 2 unspecified atom stereocenters. The molecular weight excluding hydrogens is 132 g/mol. The summed E-state index contributed by atoms with van der Waals surface area (Å²) in [5.41, 5.74) is 3.50. The molecule has 0 nitrogen and oxygen atoms in total. The molecule has 3 aliphatic carbocycles. The summed E-state index contributed by atoms with van der Waals surface area (Å²) < 4.78 is 0. The minimum Gasteiger partial charge on any atom is -0.0841 e. The summed E-state index contributed by atoms with van der Waals surface area (Å²) in [5, 5.41) is 0. The Morgan fingerprint density at radius 2 is 1.45 bits per heavy atom. The van der Waals surface area contributed by atoms with Crippen molar-refractivity contribution in [2.75, 3.05) is 0 Å². The summed E-state index contributed by atoms with van der Waals surface area (Å²) in [6.45, 7) is 0. The highest BCUT2D eigenvalue weighted by Crippen LogP contribution is 2.47. The molecule has 0 saturated heterocycles. The van der Waals surface area contributed by atoms with Gasteiger partial charge in [-0.05, 0) is 31.1 Å². The second-order valence-electron chi connectivity index (χ2n) is 3.76. The molecular formula is C11H12. The minimum absolute atomic E-state index is 0.833. The van der Waals surface area contributed by atoms with Gasteiger partial charge in [0.1, 0.15) is 0 Å². The third kappa shape index (κ3) is 0.649. The smallest absolute Gasteiger partial charge is 0.000826 e. The van der Waals surface area contributed by atoms with Crippen LogP contribution in [0.5, 0.6) is 0 Å². The predicted octanol–water partition coefficient (Wildman–Crippen LogP) is 2.84. The van der Waals surface area contributed by atoms with Crippen molar-refractivity contribution in [1.29, 1.82) is 0 Å². The molecule has 56 valence electrons. The van der Waals surface area contributed by atoms with Gasteiger partial charge in [-0.1, -0.05) is 35.5 Å². The third-order valence-electron chi connectivity index (χ3n) is 3.23. The van der Waals surface area contributed by atoms with Gasteiger partial charge in [0.05, 0.1) is 0 Å². The molecule has 0 N–H and O–H groups in total. The van der Waals surface area contributed by atoms with E-state index in [-0.39, 0.29) is 0 Å². The zero-order valence-electron chi connectivity index (χ0n) is 6.59. The SMILES string of the molecule is C1=CCC2=C(C1)C1C=CC2C1. The lowest BCUT2D eigenvalue weighted by molar-refractivity contribution is 0.696. The van der Waals surface area contributed by atoms with Crippen molar-refractivity contribution in [3.05, 3.63) is 35.5 Å². The monoisotopic (exact) mass is 144 g/mol. The number of fused-ring (bicyclic) bond motifs is 4. The largest absolute Gasteiger partial charge is 0.0841 e. The fourth-order valence-electron chi connectivity index (χ4n) is 2.68. The number of hydrogen-bond donors (Lipinski definition) is 0. The van der Waals surface area contributed by atoms with Crippen molar-refractivity contribution in [2.24, 2.45) is 11.8 Å². The zero-order valence-corrected chi connectivity index (χ0v) is 6.59. The summed E-state index contributed by atoms with van der Waals surface area (Å²) >= 11 is 0. The van der Waals surface area contributed by atoms with Crippen molar-refractivity contribution in [3.8, 4) is 0 Å². The van der Waals surface area contributed by atoms with Gasteiger partial charge in [0, 0.05) is 0 Å². The Balaban J connectivity index is 2.04. The van der Waals surface area contributed by atoms with E-state index in [0.29, 0.717) is 0 Å². The first-order chi connectivity index (χ1) is 5.45. The van der Waals surface area contributed by atoms with Crippen LogP contribution in [0.15, 0.2) is 35.5 Å². The van der Waals surface area contributed by atoms with Gasteiger partial charge in [-0.15, -0.1) is 0 Å². The fraction of sp³-hybridized carbons (Fsp3) is 0.455. The van der Waals surface area contributed by atoms with Crippen molar-refractivity contribution in [3.63, 3.8) is 0 Å². The molecule has 0 aromatic carbocycles. The predicted molar refractivity (Wildman–Crippen MR) is 46.1 cm³/mol. The van der Waals surface area contributed by atoms with Gasteiger partial charge in [0.2, 0.25) is 0 Å². The maximum atomic E-state index is 2.41. The Bertz CT molecular complexity index is 252. The van der Waals surface area contributed by atoms with E-state index in [0.717, 1.165) is 11.8 Å². The Labute approximate surface area is 67.3 Å². The van der Waals surface area contributed by atoms with Crippen molar-refractivity contribution < 1.29 is 0 Å². The quantitative estimate of drug-likeness (QED) is 0.458. The Hall–Kier alpha value is -0.780. The van der Waals surface area contributed by atoms with Gasteiger partial charge >= 0.3 is 0 Å². The molecule has 3 aliphatic rings. The lowest BCUT2D eigenvalue weighted by Crippen LogP contribution is -2.00. The van der Waals surface area contributed by atoms with E-state index in [1.807, 2.05) is 0 Å². The molecule has 11 heavy (non-hydrogen) atoms. The molecule has 0 fully saturated rings. The Kier molecular flexibility index (Phi) is 0.993. The van der Waals surface area contributed by atoms with E-state index in [1.54, 1.807) is 11.1 Å². The lowest BCUT2D eigenvalue weighted by Gasteiger charge is -2.16. The van der Waals surface area contributed by atoms with Crippen LogP contribution in [0.3, 0.4) is 0 Å². The van der Waals surface area contributed by atoms with E-state index < -0.39 is 0 Å². The van der Waals surface area contributed by atoms with Gasteiger partial charge in [0.15, 0.2) is 0 Å². The van der Waals surface area contributed by atoms with Crippen molar-refractivity contribution in [2.45, 2.75) is 19.3 Å². The minimum atomic E-state index is 0.833. The molecule has 2 bridgehead atoms. The van der Waals surface area contributed by atoms with Gasteiger partial charge in [-0.3, -0.25) is 0 Å². The van der Waals surface area contributed by atoms with Crippen molar-refractivity contribution in [1.82, 2.24) is 0 Å². The van der Waals surface area contributed by atoms with Crippen LogP contribution in [-0.2, 0) is 0 Å². The van der Waals surface area contributed by atoms with Crippen LogP contribution in [0.2, 0.25) is 0 Å². The number of allylic oxidation sites excluding steroid dienone is 6. The summed E-state index contributed by atoms with van der Waals surface area (Å²) in [4.78, 5) is 0. The van der Waals surface area contributed by atoms with E-state index >= 15 is 0 Å². The average Bonchev–Trinajstić information content (AvgIpc) is 2.64. The maximum absolute atomic E-state index is 2.41. The number of hydrogen-bond acceptors (Lipinski definition) is 0. The van der Waals surface area contributed by atoms with E-state index in [9.17, 15) is 0 Å². The standard InChI is InChI=1S/C11H12/c1-2-4-11-9-6-5-8(7-9)10(11)3-1/h1-2,5-6,8-9H,3-4,7H2. The lowest BCUT2D eigenvalue weighted by atomic mass is 9.89. The van der Waals surface area contributed by atoms with Crippen LogP contribution in [0.4, 0.5) is 0 Å². The topological polar surface area (TPSA) is 0 Å². The second kappa shape index (κ2) is 1.88. The van der Waals surface area contributed by atoms with Crippen LogP contribution in [0, 0.1) is 11.8 Å². The zero-order chi connectivity index (χ0) is 7.26. The van der Waals surface area contributed by atoms with Crippen LogP contribution in [0.1, 0.15) is 19.3 Å². The van der Waals surface area contributed by atoms with E-state index in [1.165, 1.54) is 19.3 Å². The molecule has 0 saturated carbocycles. The summed E-state index contributed by atoms with van der Waals surface area (Å²) in [6.07, 6.45) is 13.3. The van der Waals surface area contributed by atoms with Crippen LogP contribution in [-0.4, -0.2) is 0 Å². The molecule has 0 radical (unpaired) electrons. The molecule has 2 atom stereocenters. The third-order valence-corrected chi connectivity index (χ3v) is 3.23. The molecule has 0 amide bonds.